The van der Waals surface area contributed by atoms with Crippen LogP contribution < -0.4 is 4.90 Å². The maximum absolute atomic E-state index is 11.7. The Morgan fingerprint density at radius 1 is 1.60 bits per heavy atom. The molecule has 2 rings (SSSR count). The lowest BCUT2D eigenvalue weighted by atomic mass is 10.1. The maximum Gasteiger partial charge on any atom is 0.328 e. The van der Waals surface area contributed by atoms with Crippen molar-refractivity contribution < 1.29 is 14.5 Å². The number of hydrogen-bond acceptors (Lipinski definition) is 6. The smallest absolute Gasteiger partial charge is 0.328 e. The molecule has 104 valence electrons. The molecule has 1 unspecified atom stereocenters. The second kappa shape index (κ2) is 5.57. The molecule has 0 bridgehead atoms. The van der Waals surface area contributed by atoms with Crippen LogP contribution in [0.4, 0.5) is 11.4 Å². The van der Waals surface area contributed by atoms with Gasteiger partial charge in [0.2, 0.25) is 0 Å². The molecule has 0 spiro atoms. The third-order valence-corrected chi connectivity index (χ3v) is 3.34. The number of hydrogen-bond donors (Lipinski definition) is 0. The fourth-order valence-electron chi connectivity index (χ4n) is 2.41. The fraction of sp³-hybridized carbons (Fsp3) is 0.385. The Morgan fingerprint density at radius 2 is 2.35 bits per heavy atom. The molecule has 1 heterocycles. The summed E-state index contributed by atoms with van der Waals surface area (Å²) >= 11 is 0. The van der Waals surface area contributed by atoms with Gasteiger partial charge in [-0.1, -0.05) is 0 Å². The van der Waals surface area contributed by atoms with Crippen LogP contribution >= 0.6 is 0 Å². The van der Waals surface area contributed by atoms with E-state index >= 15 is 0 Å². The number of benzene rings is 1. The van der Waals surface area contributed by atoms with Gasteiger partial charge in [-0.05, 0) is 25.0 Å². The molecular formula is C13H13N3O4. The molecule has 0 radical (unpaired) electrons. The Labute approximate surface area is 115 Å². The molecule has 1 aromatic carbocycles. The first-order chi connectivity index (χ1) is 9.58. The van der Waals surface area contributed by atoms with Crippen molar-refractivity contribution in [2.45, 2.75) is 18.9 Å². The summed E-state index contributed by atoms with van der Waals surface area (Å²) in [5.74, 6) is -0.417. The van der Waals surface area contributed by atoms with Gasteiger partial charge < -0.3 is 9.64 Å². The van der Waals surface area contributed by atoms with Gasteiger partial charge in [0.05, 0.1) is 23.7 Å². The SMILES string of the molecule is COC(=O)C1CCCN1c1cc(C#N)ccc1[N+](=O)[O-]. The second-order valence-electron chi connectivity index (χ2n) is 4.45. The number of anilines is 1. The van der Waals surface area contributed by atoms with E-state index in [1.807, 2.05) is 6.07 Å². The van der Waals surface area contributed by atoms with E-state index in [2.05, 4.69) is 0 Å². The summed E-state index contributed by atoms with van der Waals surface area (Å²) in [5, 5.41) is 20.0. The average molecular weight is 275 g/mol. The summed E-state index contributed by atoms with van der Waals surface area (Å²) in [5.41, 5.74) is 0.503. The molecule has 0 amide bonds. The van der Waals surface area contributed by atoms with Crippen LogP contribution in [0.2, 0.25) is 0 Å². The number of nitrogens with zero attached hydrogens (tertiary/aromatic N) is 3. The molecule has 1 aliphatic rings. The lowest BCUT2D eigenvalue weighted by Crippen LogP contribution is -2.37. The van der Waals surface area contributed by atoms with Crippen molar-refractivity contribution in [3.05, 3.63) is 33.9 Å². The van der Waals surface area contributed by atoms with E-state index in [0.717, 1.165) is 6.42 Å². The van der Waals surface area contributed by atoms with Gasteiger partial charge in [0.25, 0.3) is 5.69 Å². The highest BCUT2D eigenvalue weighted by Crippen LogP contribution is 2.34. The zero-order valence-electron chi connectivity index (χ0n) is 10.9. The predicted molar refractivity (Wildman–Crippen MR) is 70.2 cm³/mol. The summed E-state index contributed by atoms with van der Waals surface area (Å²) in [4.78, 5) is 24.0. The minimum absolute atomic E-state index is 0.111. The minimum Gasteiger partial charge on any atom is -0.467 e. The molecule has 20 heavy (non-hydrogen) atoms. The molecule has 7 nitrogen and oxygen atoms in total. The van der Waals surface area contributed by atoms with Gasteiger partial charge in [0.15, 0.2) is 0 Å². The zero-order chi connectivity index (χ0) is 14.7. The average Bonchev–Trinajstić information content (AvgIpc) is 2.94. The zero-order valence-corrected chi connectivity index (χ0v) is 10.9. The molecule has 7 heteroatoms. The minimum atomic E-state index is -0.535. The van der Waals surface area contributed by atoms with Gasteiger partial charge >= 0.3 is 5.97 Å². The summed E-state index contributed by atoms with van der Waals surface area (Å²) in [7, 11) is 1.29. The van der Waals surface area contributed by atoms with Crippen LogP contribution in [0.1, 0.15) is 18.4 Å². The van der Waals surface area contributed by atoms with Crippen molar-refractivity contribution in [3.8, 4) is 6.07 Å². The van der Waals surface area contributed by atoms with E-state index in [-0.39, 0.29) is 5.69 Å². The van der Waals surface area contributed by atoms with Crippen LogP contribution in [0.15, 0.2) is 18.2 Å². The number of carbonyl (C=O) groups excluding carboxylic acids is 1. The Bertz CT molecular complexity index is 594. The van der Waals surface area contributed by atoms with Crippen molar-refractivity contribution >= 4 is 17.3 Å². The van der Waals surface area contributed by atoms with Crippen molar-refractivity contribution in [2.75, 3.05) is 18.6 Å². The fourth-order valence-corrected chi connectivity index (χ4v) is 2.41. The van der Waals surface area contributed by atoms with Gasteiger partial charge in [0, 0.05) is 12.6 Å². The van der Waals surface area contributed by atoms with Crippen molar-refractivity contribution in [2.24, 2.45) is 0 Å². The summed E-state index contributed by atoms with van der Waals surface area (Å²) in [6.45, 7) is 0.523. The van der Waals surface area contributed by atoms with Gasteiger partial charge in [0.1, 0.15) is 11.7 Å². The van der Waals surface area contributed by atoms with Gasteiger partial charge in [-0.25, -0.2) is 4.79 Å². The van der Waals surface area contributed by atoms with Gasteiger partial charge in [-0.3, -0.25) is 10.1 Å². The van der Waals surface area contributed by atoms with Crippen LogP contribution in [0.5, 0.6) is 0 Å². The lowest BCUT2D eigenvalue weighted by molar-refractivity contribution is -0.384. The third kappa shape index (κ3) is 2.40. The number of methoxy groups -OCH3 is 1. The monoisotopic (exact) mass is 275 g/mol. The number of esters is 1. The van der Waals surface area contributed by atoms with Crippen molar-refractivity contribution in [1.82, 2.24) is 0 Å². The summed E-state index contributed by atoms with van der Waals surface area (Å²) in [6, 6.07) is 5.54. The highest BCUT2D eigenvalue weighted by molar-refractivity contribution is 5.82. The first kappa shape index (κ1) is 13.8. The summed E-state index contributed by atoms with van der Waals surface area (Å²) in [6.07, 6.45) is 1.33. The second-order valence-corrected chi connectivity index (χ2v) is 4.45. The highest BCUT2D eigenvalue weighted by atomic mass is 16.6. The molecule has 0 saturated carbocycles. The Kier molecular flexibility index (Phi) is 3.84. The molecule has 1 saturated heterocycles. The Balaban J connectivity index is 2.47. The van der Waals surface area contributed by atoms with Crippen LogP contribution in [-0.2, 0) is 9.53 Å². The molecule has 1 atom stereocenters. The number of carbonyl (C=O) groups is 1. The molecule has 1 aliphatic heterocycles. The molecule has 1 aromatic rings. The van der Waals surface area contributed by atoms with E-state index in [9.17, 15) is 14.9 Å². The van der Waals surface area contributed by atoms with E-state index in [0.29, 0.717) is 24.2 Å². The molecule has 0 N–H and O–H groups in total. The van der Waals surface area contributed by atoms with E-state index in [1.165, 1.54) is 25.3 Å². The topological polar surface area (TPSA) is 96.5 Å². The largest absolute Gasteiger partial charge is 0.467 e. The third-order valence-electron chi connectivity index (χ3n) is 3.34. The predicted octanol–water partition coefficient (Wildman–Crippen LogP) is 1.61. The first-order valence-corrected chi connectivity index (χ1v) is 6.11. The number of nitro benzene ring substituents is 1. The summed E-state index contributed by atoms with van der Waals surface area (Å²) < 4.78 is 4.73. The highest BCUT2D eigenvalue weighted by Gasteiger charge is 2.35. The molecule has 0 aliphatic carbocycles. The normalized spacial score (nSPS) is 17.6. The number of rotatable bonds is 3. The van der Waals surface area contributed by atoms with Crippen LogP contribution in [0, 0.1) is 21.4 Å². The number of nitriles is 1. The maximum atomic E-state index is 11.7. The van der Waals surface area contributed by atoms with Crippen LogP contribution in [-0.4, -0.2) is 30.6 Å². The van der Waals surface area contributed by atoms with Gasteiger partial charge in [-0.2, -0.15) is 5.26 Å². The van der Waals surface area contributed by atoms with E-state index < -0.39 is 16.9 Å². The van der Waals surface area contributed by atoms with Gasteiger partial charge in [-0.15, -0.1) is 0 Å². The quantitative estimate of drug-likeness (QED) is 0.472. The first-order valence-electron chi connectivity index (χ1n) is 6.11. The van der Waals surface area contributed by atoms with Crippen molar-refractivity contribution in [1.29, 1.82) is 5.26 Å². The molecular weight excluding hydrogens is 262 g/mol. The number of nitro groups is 1. The van der Waals surface area contributed by atoms with Crippen LogP contribution in [0.3, 0.4) is 0 Å². The Morgan fingerprint density at radius 3 is 2.95 bits per heavy atom. The lowest BCUT2D eigenvalue weighted by Gasteiger charge is -2.24. The standard InChI is InChI=1S/C13H13N3O4/c1-20-13(17)11-3-2-6-15(11)12-7-9(8-14)4-5-10(12)16(18)19/h4-5,7,11H,2-3,6H2,1H3. The number of ether oxygens (including phenoxy) is 1. The van der Waals surface area contributed by atoms with E-state index in [1.54, 1.807) is 4.90 Å². The van der Waals surface area contributed by atoms with Crippen LogP contribution in [0.25, 0.3) is 0 Å². The Hall–Kier alpha value is -2.62. The van der Waals surface area contributed by atoms with E-state index in [4.69, 9.17) is 10.00 Å². The van der Waals surface area contributed by atoms with Crippen molar-refractivity contribution in [3.63, 3.8) is 0 Å². The molecule has 0 aromatic heterocycles. The molecule has 1 fully saturated rings.